The first-order valence-corrected chi connectivity index (χ1v) is 7.75. The van der Waals surface area contributed by atoms with E-state index in [1.807, 2.05) is 24.3 Å². The molecule has 2 heterocycles. The van der Waals surface area contributed by atoms with E-state index in [1.54, 1.807) is 11.8 Å². The molecule has 0 atom stereocenters. The summed E-state index contributed by atoms with van der Waals surface area (Å²) in [4.78, 5) is 19.5. The summed E-state index contributed by atoms with van der Waals surface area (Å²) >= 11 is 1.51. The minimum Gasteiger partial charge on any atom is -0.497 e. The summed E-state index contributed by atoms with van der Waals surface area (Å²) in [6, 6.07) is 7.45. The molecule has 0 saturated carbocycles. The summed E-state index contributed by atoms with van der Waals surface area (Å²) in [5.74, 6) is 0.766. The molecule has 0 aliphatic carbocycles. The second-order valence-corrected chi connectivity index (χ2v) is 6.59. The predicted molar refractivity (Wildman–Crippen MR) is 87.0 cm³/mol. The average molecular weight is 316 g/mol. The monoisotopic (exact) mass is 316 g/mol. The molecule has 0 fully saturated rings. The fraction of sp³-hybridized carbons (Fsp3) is 0.267. The molecule has 2 aromatic heterocycles. The Hall–Kier alpha value is -2.28. The maximum Gasteiger partial charge on any atom is 0.262 e. The highest BCUT2D eigenvalue weighted by molar-refractivity contribution is 7.99. The maximum atomic E-state index is 12.1. The van der Waals surface area contributed by atoms with E-state index in [2.05, 4.69) is 28.9 Å². The van der Waals surface area contributed by atoms with Crippen LogP contribution >= 0.6 is 11.8 Å². The Labute approximate surface area is 131 Å². The number of H-pyrrole nitrogens is 1. The van der Waals surface area contributed by atoms with Gasteiger partial charge in [0.15, 0.2) is 10.8 Å². The summed E-state index contributed by atoms with van der Waals surface area (Å²) in [6.45, 7) is 4.10. The van der Waals surface area contributed by atoms with Crippen molar-refractivity contribution in [2.45, 2.75) is 24.3 Å². The van der Waals surface area contributed by atoms with Crippen molar-refractivity contribution >= 4 is 22.8 Å². The number of hydrogen-bond acceptors (Lipinski definition) is 5. The van der Waals surface area contributed by atoms with E-state index in [-0.39, 0.29) is 5.56 Å². The third-order valence-corrected chi connectivity index (χ3v) is 3.97. The Morgan fingerprint density at radius 2 is 2.00 bits per heavy atom. The molecule has 6 nitrogen and oxygen atoms in total. The van der Waals surface area contributed by atoms with E-state index in [0.29, 0.717) is 21.4 Å². The van der Waals surface area contributed by atoms with E-state index in [4.69, 9.17) is 4.74 Å². The second-order valence-electron chi connectivity index (χ2n) is 5.03. The van der Waals surface area contributed by atoms with Crippen LogP contribution in [0.15, 0.2) is 40.4 Å². The van der Waals surface area contributed by atoms with Crippen LogP contribution in [0.3, 0.4) is 0 Å². The van der Waals surface area contributed by atoms with Crippen LogP contribution in [0, 0.1) is 0 Å². The number of thioether (sulfide) groups is 1. The average Bonchev–Trinajstić information content (AvgIpc) is 2.91. The van der Waals surface area contributed by atoms with Crippen LogP contribution in [0.2, 0.25) is 0 Å². The largest absolute Gasteiger partial charge is 0.497 e. The van der Waals surface area contributed by atoms with Crippen LogP contribution in [0.5, 0.6) is 5.75 Å². The van der Waals surface area contributed by atoms with Gasteiger partial charge in [-0.05, 0) is 24.3 Å². The maximum absolute atomic E-state index is 12.1. The first-order valence-electron chi connectivity index (χ1n) is 6.87. The molecule has 0 aliphatic heterocycles. The molecule has 1 aromatic carbocycles. The molecule has 22 heavy (non-hydrogen) atoms. The predicted octanol–water partition coefficient (Wildman–Crippen LogP) is 2.62. The lowest BCUT2D eigenvalue weighted by atomic mass is 10.3. The lowest BCUT2D eigenvalue weighted by Gasteiger charge is -2.06. The third-order valence-electron chi connectivity index (χ3n) is 3.08. The highest BCUT2D eigenvalue weighted by Gasteiger charge is 2.12. The fourth-order valence-electron chi connectivity index (χ4n) is 2.09. The Balaban J connectivity index is 2.13. The number of nitrogens with zero attached hydrogens (tertiary/aromatic N) is 3. The van der Waals surface area contributed by atoms with Gasteiger partial charge in [0, 0.05) is 5.25 Å². The first-order chi connectivity index (χ1) is 10.6. The number of methoxy groups -OCH3 is 1. The minimum absolute atomic E-state index is 0.173. The zero-order chi connectivity index (χ0) is 15.7. The Kier molecular flexibility index (Phi) is 3.89. The van der Waals surface area contributed by atoms with Gasteiger partial charge in [0.2, 0.25) is 0 Å². The van der Waals surface area contributed by atoms with Crippen LogP contribution in [0.25, 0.3) is 16.7 Å². The standard InChI is InChI=1S/C15H16N4O2S/c1-9(2)22-15-17-13-12(14(20)18-15)8-16-19(13)10-4-6-11(21-3)7-5-10/h4-9H,1-3H3,(H,17,18,20). The number of aromatic amines is 1. The van der Waals surface area contributed by atoms with Gasteiger partial charge in [-0.1, -0.05) is 25.6 Å². The van der Waals surface area contributed by atoms with Crippen LogP contribution in [-0.4, -0.2) is 32.1 Å². The number of nitrogens with one attached hydrogen (secondary N) is 1. The lowest BCUT2D eigenvalue weighted by molar-refractivity contribution is 0.414. The van der Waals surface area contributed by atoms with E-state index in [0.717, 1.165) is 11.4 Å². The number of benzene rings is 1. The van der Waals surface area contributed by atoms with Gasteiger partial charge in [-0.15, -0.1) is 0 Å². The molecular formula is C15H16N4O2S. The second kappa shape index (κ2) is 5.84. The molecular weight excluding hydrogens is 300 g/mol. The molecule has 0 saturated heterocycles. The smallest absolute Gasteiger partial charge is 0.262 e. The minimum atomic E-state index is -0.173. The van der Waals surface area contributed by atoms with Crippen molar-refractivity contribution < 1.29 is 4.74 Å². The van der Waals surface area contributed by atoms with E-state index >= 15 is 0 Å². The number of rotatable bonds is 4. The van der Waals surface area contributed by atoms with Gasteiger partial charge in [0.05, 0.1) is 19.0 Å². The van der Waals surface area contributed by atoms with E-state index < -0.39 is 0 Å². The molecule has 0 spiro atoms. The number of fused-ring (bicyclic) bond motifs is 1. The quantitative estimate of drug-likeness (QED) is 0.592. The van der Waals surface area contributed by atoms with Crippen molar-refractivity contribution in [2.24, 2.45) is 0 Å². The highest BCUT2D eigenvalue weighted by Crippen LogP contribution is 2.21. The van der Waals surface area contributed by atoms with E-state index in [9.17, 15) is 4.79 Å². The van der Waals surface area contributed by atoms with Crippen molar-refractivity contribution in [3.8, 4) is 11.4 Å². The van der Waals surface area contributed by atoms with Crippen molar-refractivity contribution in [1.29, 1.82) is 0 Å². The Morgan fingerprint density at radius 3 is 2.64 bits per heavy atom. The van der Waals surface area contributed by atoms with E-state index in [1.165, 1.54) is 18.0 Å². The molecule has 0 radical (unpaired) electrons. The number of hydrogen-bond donors (Lipinski definition) is 1. The van der Waals surface area contributed by atoms with Crippen LogP contribution in [-0.2, 0) is 0 Å². The molecule has 0 bridgehead atoms. The van der Waals surface area contributed by atoms with Crippen molar-refractivity contribution in [3.63, 3.8) is 0 Å². The number of ether oxygens (including phenoxy) is 1. The van der Waals surface area contributed by atoms with Gasteiger partial charge >= 0.3 is 0 Å². The van der Waals surface area contributed by atoms with Crippen LogP contribution in [0.1, 0.15) is 13.8 Å². The van der Waals surface area contributed by atoms with Crippen molar-refractivity contribution in [2.75, 3.05) is 7.11 Å². The summed E-state index contributed by atoms with van der Waals surface area (Å²) in [7, 11) is 1.62. The normalized spacial score (nSPS) is 11.3. The third kappa shape index (κ3) is 2.71. The molecule has 3 rings (SSSR count). The molecule has 3 aromatic rings. The first kappa shape index (κ1) is 14.6. The summed E-state index contributed by atoms with van der Waals surface area (Å²) in [5.41, 5.74) is 1.21. The van der Waals surface area contributed by atoms with Gasteiger partial charge in [-0.3, -0.25) is 4.79 Å². The summed E-state index contributed by atoms with van der Waals surface area (Å²) in [6.07, 6.45) is 1.54. The molecule has 0 aliphatic rings. The van der Waals surface area contributed by atoms with Gasteiger partial charge in [-0.25, -0.2) is 9.67 Å². The SMILES string of the molecule is COc1ccc(-n2ncc3c(=O)[nH]c(SC(C)C)nc32)cc1. The molecule has 114 valence electrons. The van der Waals surface area contributed by atoms with Crippen LogP contribution in [0.4, 0.5) is 0 Å². The molecule has 0 amide bonds. The molecule has 7 heteroatoms. The topological polar surface area (TPSA) is 72.8 Å². The zero-order valence-corrected chi connectivity index (χ0v) is 13.3. The Bertz CT molecular complexity index is 852. The van der Waals surface area contributed by atoms with Gasteiger partial charge < -0.3 is 9.72 Å². The van der Waals surface area contributed by atoms with Crippen molar-refractivity contribution in [3.05, 3.63) is 40.8 Å². The number of aromatic nitrogens is 4. The van der Waals surface area contributed by atoms with Gasteiger partial charge in [-0.2, -0.15) is 5.10 Å². The highest BCUT2D eigenvalue weighted by atomic mass is 32.2. The van der Waals surface area contributed by atoms with Gasteiger partial charge in [0.25, 0.3) is 5.56 Å². The van der Waals surface area contributed by atoms with Crippen LogP contribution < -0.4 is 10.3 Å². The summed E-state index contributed by atoms with van der Waals surface area (Å²) in [5, 5.41) is 5.69. The molecule has 1 N–H and O–H groups in total. The summed E-state index contributed by atoms with van der Waals surface area (Å²) < 4.78 is 6.81. The Morgan fingerprint density at radius 1 is 1.27 bits per heavy atom. The molecule has 0 unspecified atom stereocenters. The lowest BCUT2D eigenvalue weighted by Crippen LogP contribution is -2.10. The fourth-order valence-corrected chi connectivity index (χ4v) is 2.83. The van der Waals surface area contributed by atoms with Crippen molar-refractivity contribution in [1.82, 2.24) is 19.7 Å². The van der Waals surface area contributed by atoms with Gasteiger partial charge in [0.1, 0.15) is 11.1 Å². The zero-order valence-electron chi connectivity index (χ0n) is 12.5.